The number of ether oxygens (including phenoxy) is 1. The highest BCUT2D eigenvalue weighted by Gasteiger charge is 2.11. The van der Waals surface area contributed by atoms with Crippen molar-refractivity contribution in [2.45, 2.75) is 6.54 Å². The molecule has 0 unspecified atom stereocenters. The van der Waals surface area contributed by atoms with Crippen molar-refractivity contribution in [2.75, 3.05) is 36.5 Å². The number of hydrogen-bond acceptors (Lipinski definition) is 6. The first-order valence-electron chi connectivity index (χ1n) is 6.31. The third kappa shape index (κ3) is 3.21. The van der Waals surface area contributed by atoms with E-state index in [2.05, 4.69) is 32.3 Å². The van der Waals surface area contributed by atoms with Gasteiger partial charge >= 0.3 is 0 Å². The van der Waals surface area contributed by atoms with Crippen LogP contribution in [0.4, 0.5) is 11.5 Å². The zero-order valence-corrected chi connectivity index (χ0v) is 11.4. The second-order valence-electron chi connectivity index (χ2n) is 4.34. The maximum Gasteiger partial charge on any atom is 0.128 e. The SMILES string of the molecule is c1nc(CNc2ccc(N3CCOCC3)nc2)cs1. The zero-order valence-electron chi connectivity index (χ0n) is 10.6. The number of nitrogens with one attached hydrogen (secondary N) is 1. The first-order chi connectivity index (χ1) is 9.42. The quantitative estimate of drug-likeness (QED) is 0.925. The fraction of sp³-hybridized carbons (Fsp3) is 0.385. The normalized spacial score (nSPS) is 15.5. The van der Waals surface area contributed by atoms with Crippen molar-refractivity contribution in [1.29, 1.82) is 0 Å². The first-order valence-corrected chi connectivity index (χ1v) is 7.26. The Kier molecular flexibility index (Phi) is 3.90. The fourth-order valence-electron chi connectivity index (χ4n) is 1.99. The molecule has 0 aliphatic carbocycles. The van der Waals surface area contributed by atoms with Gasteiger partial charge in [-0.1, -0.05) is 0 Å². The lowest BCUT2D eigenvalue weighted by atomic mass is 10.3. The molecule has 6 heteroatoms. The van der Waals surface area contributed by atoms with Crippen LogP contribution in [-0.4, -0.2) is 36.3 Å². The molecule has 1 saturated heterocycles. The van der Waals surface area contributed by atoms with E-state index in [0.717, 1.165) is 50.0 Å². The van der Waals surface area contributed by atoms with Crippen LogP contribution in [0.5, 0.6) is 0 Å². The van der Waals surface area contributed by atoms with Gasteiger partial charge in [0.05, 0.1) is 42.8 Å². The van der Waals surface area contributed by atoms with Crippen LogP contribution < -0.4 is 10.2 Å². The topological polar surface area (TPSA) is 50.3 Å². The predicted octanol–water partition coefficient (Wildman–Crippen LogP) is 1.99. The number of morpholine rings is 1. The van der Waals surface area contributed by atoms with Gasteiger partial charge in [-0.3, -0.25) is 0 Å². The van der Waals surface area contributed by atoms with Crippen LogP contribution in [0, 0.1) is 0 Å². The summed E-state index contributed by atoms with van der Waals surface area (Å²) in [5, 5.41) is 5.36. The molecule has 5 nitrogen and oxygen atoms in total. The number of rotatable bonds is 4. The highest BCUT2D eigenvalue weighted by atomic mass is 32.1. The highest BCUT2D eigenvalue weighted by Crippen LogP contribution is 2.16. The van der Waals surface area contributed by atoms with Crippen LogP contribution >= 0.6 is 11.3 Å². The number of thiazole rings is 1. The summed E-state index contributed by atoms with van der Waals surface area (Å²) < 4.78 is 5.34. The van der Waals surface area contributed by atoms with E-state index in [9.17, 15) is 0 Å². The largest absolute Gasteiger partial charge is 0.378 e. The van der Waals surface area contributed by atoms with E-state index in [-0.39, 0.29) is 0 Å². The average Bonchev–Trinajstić information content (AvgIpc) is 3.00. The molecule has 19 heavy (non-hydrogen) atoms. The zero-order chi connectivity index (χ0) is 12.9. The molecule has 1 aliphatic heterocycles. The monoisotopic (exact) mass is 276 g/mol. The van der Waals surface area contributed by atoms with E-state index in [4.69, 9.17) is 4.74 Å². The predicted molar refractivity (Wildman–Crippen MR) is 76.7 cm³/mol. The van der Waals surface area contributed by atoms with Crippen LogP contribution in [-0.2, 0) is 11.3 Å². The summed E-state index contributed by atoms with van der Waals surface area (Å²) in [4.78, 5) is 11.0. The van der Waals surface area contributed by atoms with Gasteiger partial charge in [0.15, 0.2) is 0 Å². The minimum atomic E-state index is 0.738. The summed E-state index contributed by atoms with van der Waals surface area (Å²) in [6.07, 6.45) is 1.87. The summed E-state index contributed by atoms with van der Waals surface area (Å²) in [6, 6.07) is 4.11. The van der Waals surface area contributed by atoms with Crippen LogP contribution in [0.25, 0.3) is 0 Å². The second-order valence-corrected chi connectivity index (χ2v) is 5.06. The number of nitrogens with zero attached hydrogens (tertiary/aromatic N) is 3. The average molecular weight is 276 g/mol. The minimum Gasteiger partial charge on any atom is -0.378 e. The lowest BCUT2D eigenvalue weighted by Crippen LogP contribution is -2.36. The van der Waals surface area contributed by atoms with Gasteiger partial charge in [-0.05, 0) is 12.1 Å². The third-order valence-corrected chi connectivity index (χ3v) is 3.68. The molecule has 1 aliphatic rings. The molecule has 0 spiro atoms. The molecule has 0 amide bonds. The summed E-state index contributed by atoms with van der Waals surface area (Å²) in [5.41, 5.74) is 3.92. The van der Waals surface area contributed by atoms with E-state index in [0.29, 0.717) is 0 Å². The molecule has 2 aromatic heterocycles. The van der Waals surface area contributed by atoms with E-state index < -0.39 is 0 Å². The van der Waals surface area contributed by atoms with Crippen molar-refractivity contribution in [3.8, 4) is 0 Å². The number of anilines is 2. The maximum atomic E-state index is 5.34. The van der Waals surface area contributed by atoms with Crippen molar-refractivity contribution in [2.24, 2.45) is 0 Å². The number of aromatic nitrogens is 2. The Labute approximate surface area is 116 Å². The van der Waals surface area contributed by atoms with E-state index >= 15 is 0 Å². The summed E-state index contributed by atoms with van der Waals surface area (Å²) in [5.74, 6) is 1.02. The van der Waals surface area contributed by atoms with Crippen LogP contribution in [0.3, 0.4) is 0 Å². The van der Waals surface area contributed by atoms with Gasteiger partial charge in [-0.15, -0.1) is 11.3 Å². The Bertz CT molecular complexity index is 494. The molecule has 1 fully saturated rings. The summed E-state index contributed by atoms with van der Waals surface area (Å²) in [6.45, 7) is 4.14. The Morgan fingerprint density at radius 1 is 1.26 bits per heavy atom. The van der Waals surface area contributed by atoms with Gasteiger partial charge in [0.25, 0.3) is 0 Å². The van der Waals surface area contributed by atoms with Crippen molar-refractivity contribution < 1.29 is 4.74 Å². The van der Waals surface area contributed by atoms with Crippen LogP contribution in [0.2, 0.25) is 0 Å². The summed E-state index contributed by atoms with van der Waals surface area (Å²) in [7, 11) is 0. The Morgan fingerprint density at radius 2 is 2.16 bits per heavy atom. The molecule has 0 radical (unpaired) electrons. The Hall–Kier alpha value is -1.66. The molecule has 0 saturated carbocycles. The van der Waals surface area contributed by atoms with E-state index in [1.54, 1.807) is 11.3 Å². The van der Waals surface area contributed by atoms with Crippen molar-refractivity contribution >= 4 is 22.8 Å². The van der Waals surface area contributed by atoms with Gasteiger partial charge in [-0.2, -0.15) is 0 Å². The lowest BCUT2D eigenvalue weighted by Gasteiger charge is -2.27. The van der Waals surface area contributed by atoms with Gasteiger partial charge in [-0.25, -0.2) is 9.97 Å². The van der Waals surface area contributed by atoms with E-state index in [1.807, 2.05) is 17.1 Å². The Balaban J connectivity index is 1.58. The standard InChI is InChI=1S/C13H16N4OS/c1-2-13(17-3-5-18-6-4-17)15-7-11(1)14-8-12-9-19-10-16-12/h1-2,7,9-10,14H,3-6,8H2. The lowest BCUT2D eigenvalue weighted by molar-refractivity contribution is 0.122. The number of hydrogen-bond donors (Lipinski definition) is 1. The maximum absolute atomic E-state index is 5.34. The van der Waals surface area contributed by atoms with Crippen LogP contribution in [0.1, 0.15) is 5.69 Å². The molecule has 100 valence electrons. The third-order valence-electron chi connectivity index (χ3n) is 3.04. The molecule has 1 N–H and O–H groups in total. The Morgan fingerprint density at radius 3 is 2.84 bits per heavy atom. The molecular formula is C13H16N4OS. The first kappa shape index (κ1) is 12.4. The summed E-state index contributed by atoms with van der Waals surface area (Å²) >= 11 is 1.61. The smallest absolute Gasteiger partial charge is 0.128 e. The second kappa shape index (κ2) is 5.99. The minimum absolute atomic E-state index is 0.738. The van der Waals surface area contributed by atoms with Crippen molar-refractivity contribution in [3.05, 3.63) is 34.9 Å². The van der Waals surface area contributed by atoms with Crippen molar-refractivity contribution in [3.63, 3.8) is 0 Å². The molecule has 0 atom stereocenters. The van der Waals surface area contributed by atoms with Crippen LogP contribution in [0.15, 0.2) is 29.2 Å². The van der Waals surface area contributed by atoms with Gasteiger partial charge in [0.1, 0.15) is 5.82 Å². The molecule has 2 aromatic rings. The molecule has 3 rings (SSSR count). The molecule has 0 aromatic carbocycles. The van der Waals surface area contributed by atoms with Gasteiger partial charge in [0, 0.05) is 18.5 Å². The molecular weight excluding hydrogens is 260 g/mol. The molecule has 3 heterocycles. The van der Waals surface area contributed by atoms with Gasteiger partial charge in [0.2, 0.25) is 0 Å². The van der Waals surface area contributed by atoms with Crippen molar-refractivity contribution in [1.82, 2.24) is 9.97 Å². The van der Waals surface area contributed by atoms with Gasteiger partial charge < -0.3 is 15.0 Å². The van der Waals surface area contributed by atoms with E-state index in [1.165, 1.54) is 0 Å². The highest BCUT2D eigenvalue weighted by molar-refractivity contribution is 7.07. The number of pyridine rings is 1. The molecule has 0 bridgehead atoms. The fourth-order valence-corrected chi connectivity index (χ4v) is 2.55.